The zero-order chi connectivity index (χ0) is 17.4. The van der Waals surface area contributed by atoms with Gasteiger partial charge in [0.15, 0.2) is 11.7 Å². The number of rotatable bonds is 6. The van der Waals surface area contributed by atoms with E-state index in [4.69, 9.17) is 4.42 Å². The maximum Gasteiger partial charge on any atom is 0.287 e. The molecule has 0 unspecified atom stereocenters. The average molecular weight is 462 g/mol. The third kappa shape index (κ3) is 7.25. The van der Waals surface area contributed by atoms with E-state index in [0.29, 0.717) is 24.9 Å². The van der Waals surface area contributed by atoms with Gasteiger partial charge in [-0.2, -0.15) is 0 Å². The standard InChI is InChI=1S/C18H30N4O2.HI/c1-13(2)14-6-8-15(9-7-14)22-18(19-3)21-11-10-20-17(23)16-5-4-12-24-16;/h4-5,12-15H,6-11H2,1-3H3,(H,20,23)(H2,19,21,22);1H. The number of halogens is 1. The predicted octanol–water partition coefficient (Wildman–Crippen LogP) is 3.01. The molecule has 1 saturated carbocycles. The molecule has 2 rings (SSSR count). The number of hydrogen-bond acceptors (Lipinski definition) is 3. The maximum atomic E-state index is 11.7. The van der Waals surface area contributed by atoms with E-state index in [9.17, 15) is 4.79 Å². The van der Waals surface area contributed by atoms with Crippen molar-refractivity contribution in [1.29, 1.82) is 0 Å². The van der Waals surface area contributed by atoms with Gasteiger partial charge in [-0.25, -0.2) is 0 Å². The summed E-state index contributed by atoms with van der Waals surface area (Å²) in [4.78, 5) is 16.0. The summed E-state index contributed by atoms with van der Waals surface area (Å²) in [6, 6.07) is 3.84. The van der Waals surface area contributed by atoms with Crippen molar-refractivity contribution in [2.75, 3.05) is 20.1 Å². The van der Waals surface area contributed by atoms with E-state index >= 15 is 0 Å². The van der Waals surface area contributed by atoms with E-state index in [1.165, 1.54) is 31.9 Å². The number of hydrogen-bond donors (Lipinski definition) is 3. The van der Waals surface area contributed by atoms with Crippen molar-refractivity contribution >= 4 is 35.8 Å². The minimum atomic E-state index is -0.197. The predicted molar refractivity (Wildman–Crippen MR) is 112 cm³/mol. The van der Waals surface area contributed by atoms with Gasteiger partial charge < -0.3 is 20.4 Å². The first kappa shape index (κ1) is 21.8. The number of nitrogens with zero attached hydrogens (tertiary/aromatic N) is 1. The van der Waals surface area contributed by atoms with Crippen LogP contribution in [0, 0.1) is 11.8 Å². The molecule has 1 aromatic rings. The zero-order valence-electron chi connectivity index (χ0n) is 15.4. The smallest absolute Gasteiger partial charge is 0.287 e. The molecule has 1 aliphatic rings. The van der Waals surface area contributed by atoms with Gasteiger partial charge in [-0.05, 0) is 49.7 Å². The molecule has 1 fully saturated rings. The largest absolute Gasteiger partial charge is 0.459 e. The first-order valence-electron chi connectivity index (χ1n) is 8.89. The van der Waals surface area contributed by atoms with Crippen LogP contribution >= 0.6 is 24.0 Å². The van der Waals surface area contributed by atoms with Gasteiger partial charge in [-0.3, -0.25) is 9.79 Å². The molecule has 0 atom stereocenters. The van der Waals surface area contributed by atoms with Crippen molar-refractivity contribution in [3.63, 3.8) is 0 Å². The fraction of sp³-hybridized carbons (Fsp3) is 0.667. The number of nitrogens with one attached hydrogen (secondary N) is 3. The van der Waals surface area contributed by atoms with Crippen LogP contribution in [-0.2, 0) is 0 Å². The minimum Gasteiger partial charge on any atom is -0.459 e. The van der Waals surface area contributed by atoms with Crippen LogP contribution in [0.3, 0.4) is 0 Å². The molecule has 0 aliphatic heterocycles. The van der Waals surface area contributed by atoms with Crippen LogP contribution in [0.4, 0.5) is 0 Å². The summed E-state index contributed by atoms with van der Waals surface area (Å²) in [6.45, 7) is 5.76. The normalized spacial score (nSPS) is 20.7. The summed E-state index contributed by atoms with van der Waals surface area (Å²) in [6.07, 6.45) is 6.45. The number of carbonyl (C=O) groups excluding carboxylic acids is 1. The Hall–Kier alpha value is -1.25. The lowest BCUT2D eigenvalue weighted by atomic mass is 9.80. The molecule has 1 aromatic heterocycles. The second kappa shape index (κ2) is 11.4. The molecule has 3 N–H and O–H groups in total. The second-order valence-electron chi connectivity index (χ2n) is 6.73. The van der Waals surface area contributed by atoms with Gasteiger partial charge in [-0.1, -0.05) is 13.8 Å². The molecule has 25 heavy (non-hydrogen) atoms. The van der Waals surface area contributed by atoms with Crippen molar-refractivity contribution in [2.45, 2.75) is 45.6 Å². The minimum absolute atomic E-state index is 0. The van der Waals surface area contributed by atoms with Crippen LogP contribution in [0.2, 0.25) is 0 Å². The summed E-state index contributed by atoms with van der Waals surface area (Å²) in [5.74, 6) is 2.57. The highest BCUT2D eigenvalue weighted by molar-refractivity contribution is 14.0. The molecule has 1 aliphatic carbocycles. The third-order valence-corrected chi connectivity index (χ3v) is 4.73. The quantitative estimate of drug-likeness (QED) is 0.263. The second-order valence-corrected chi connectivity index (χ2v) is 6.73. The Morgan fingerprint density at radius 2 is 1.92 bits per heavy atom. The van der Waals surface area contributed by atoms with Crippen LogP contribution in [0.25, 0.3) is 0 Å². The molecular weight excluding hydrogens is 431 g/mol. The van der Waals surface area contributed by atoms with Gasteiger partial charge in [0.25, 0.3) is 5.91 Å². The first-order chi connectivity index (χ1) is 11.6. The molecule has 142 valence electrons. The van der Waals surface area contributed by atoms with Crippen LogP contribution in [-0.4, -0.2) is 38.0 Å². The lowest BCUT2D eigenvalue weighted by Crippen LogP contribution is -2.46. The Kier molecular flexibility index (Phi) is 9.92. The highest BCUT2D eigenvalue weighted by Gasteiger charge is 2.23. The Balaban J connectivity index is 0.00000312. The molecular formula is C18H31IN4O2. The zero-order valence-corrected chi connectivity index (χ0v) is 17.7. The summed E-state index contributed by atoms with van der Waals surface area (Å²) in [7, 11) is 1.77. The summed E-state index contributed by atoms with van der Waals surface area (Å²) in [5.41, 5.74) is 0. The van der Waals surface area contributed by atoms with Crippen molar-refractivity contribution < 1.29 is 9.21 Å². The molecule has 0 bridgehead atoms. The number of carbonyl (C=O) groups is 1. The Morgan fingerprint density at radius 3 is 2.48 bits per heavy atom. The monoisotopic (exact) mass is 462 g/mol. The molecule has 6 nitrogen and oxygen atoms in total. The highest BCUT2D eigenvalue weighted by Crippen LogP contribution is 2.29. The van der Waals surface area contributed by atoms with Crippen LogP contribution in [0.5, 0.6) is 0 Å². The molecule has 0 saturated heterocycles. The summed E-state index contributed by atoms with van der Waals surface area (Å²) >= 11 is 0. The molecule has 0 radical (unpaired) electrons. The fourth-order valence-electron chi connectivity index (χ4n) is 3.17. The van der Waals surface area contributed by atoms with E-state index in [2.05, 4.69) is 34.8 Å². The molecule has 0 spiro atoms. The van der Waals surface area contributed by atoms with Crippen molar-refractivity contribution in [3.8, 4) is 0 Å². The number of furan rings is 1. The van der Waals surface area contributed by atoms with E-state index in [1.807, 2.05) is 0 Å². The van der Waals surface area contributed by atoms with Gasteiger partial charge in [0, 0.05) is 26.2 Å². The average Bonchev–Trinajstić information content (AvgIpc) is 3.12. The van der Waals surface area contributed by atoms with Gasteiger partial charge in [0.1, 0.15) is 0 Å². The topological polar surface area (TPSA) is 78.7 Å². The fourth-order valence-corrected chi connectivity index (χ4v) is 3.17. The maximum absolute atomic E-state index is 11.7. The Labute approximate surface area is 167 Å². The first-order valence-corrected chi connectivity index (χ1v) is 8.89. The van der Waals surface area contributed by atoms with Crippen LogP contribution < -0.4 is 16.0 Å². The van der Waals surface area contributed by atoms with E-state index < -0.39 is 0 Å². The van der Waals surface area contributed by atoms with Gasteiger partial charge in [0.2, 0.25) is 0 Å². The van der Waals surface area contributed by atoms with E-state index in [0.717, 1.165) is 17.8 Å². The molecule has 1 amide bonds. The Morgan fingerprint density at radius 1 is 1.24 bits per heavy atom. The van der Waals surface area contributed by atoms with Gasteiger partial charge in [-0.15, -0.1) is 24.0 Å². The number of amides is 1. The van der Waals surface area contributed by atoms with Gasteiger partial charge in [0.05, 0.1) is 6.26 Å². The molecule has 1 heterocycles. The summed E-state index contributed by atoms with van der Waals surface area (Å²) in [5, 5.41) is 9.54. The molecule has 7 heteroatoms. The SMILES string of the molecule is CN=C(NCCNC(=O)c1ccco1)NC1CCC(C(C)C)CC1.I. The number of guanidine groups is 1. The van der Waals surface area contributed by atoms with E-state index in [1.54, 1.807) is 19.2 Å². The Bertz CT molecular complexity index is 523. The lowest BCUT2D eigenvalue weighted by Gasteiger charge is -2.32. The molecule has 0 aromatic carbocycles. The number of aliphatic imine (C=N–C) groups is 1. The lowest BCUT2D eigenvalue weighted by molar-refractivity contribution is 0.0926. The van der Waals surface area contributed by atoms with E-state index in [-0.39, 0.29) is 29.9 Å². The highest BCUT2D eigenvalue weighted by atomic mass is 127. The van der Waals surface area contributed by atoms with Crippen molar-refractivity contribution in [3.05, 3.63) is 24.2 Å². The summed E-state index contributed by atoms with van der Waals surface area (Å²) < 4.78 is 5.05. The van der Waals surface area contributed by atoms with Crippen LogP contribution in [0.1, 0.15) is 50.1 Å². The van der Waals surface area contributed by atoms with Gasteiger partial charge >= 0.3 is 0 Å². The van der Waals surface area contributed by atoms with Crippen LogP contribution in [0.15, 0.2) is 27.8 Å². The van der Waals surface area contributed by atoms with Crippen molar-refractivity contribution in [2.24, 2.45) is 16.8 Å². The third-order valence-electron chi connectivity index (χ3n) is 4.73. The van der Waals surface area contributed by atoms with Crippen molar-refractivity contribution in [1.82, 2.24) is 16.0 Å².